The number of rotatable bonds is 8. The highest BCUT2D eigenvalue weighted by Crippen LogP contribution is 2.40. The van der Waals surface area contributed by atoms with Gasteiger partial charge in [0, 0.05) is 19.8 Å². The van der Waals surface area contributed by atoms with E-state index < -0.39 is 5.54 Å². The van der Waals surface area contributed by atoms with Gasteiger partial charge < -0.3 is 14.2 Å². The Morgan fingerprint density at radius 3 is 2.55 bits per heavy atom. The Morgan fingerprint density at radius 1 is 1.30 bits per heavy atom. The highest BCUT2D eigenvalue weighted by Gasteiger charge is 2.51. The van der Waals surface area contributed by atoms with Crippen LogP contribution in [0, 0.1) is 11.8 Å². The molecule has 1 aliphatic heterocycles. The number of carbonyl (C=O) groups excluding carboxylic acids is 1. The highest BCUT2D eigenvalue weighted by atomic mass is 16.5. The van der Waals surface area contributed by atoms with Crippen molar-refractivity contribution in [2.75, 3.05) is 40.1 Å². The first-order chi connectivity index (χ1) is 9.73. The predicted molar refractivity (Wildman–Crippen MR) is 75.5 cm³/mol. The van der Waals surface area contributed by atoms with Gasteiger partial charge in [0.15, 0.2) is 0 Å². The average Bonchev–Trinajstić information content (AvgIpc) is 3.31. The molecule has 5 nitrogen and oxygen atoms in total. The molecule has 0 aromatic heterocycles. The van der Waals surface area contributed by atoms with E-state index >= 15 is 0 Å². The largest absolute Gasteiger partial charge is 0.468 e. The van der Waals surface area contributed by atoms with Gasteiger partial charge in [0.05, 0.1) is 13.7 Å². The van der Waals surface area contributed by atoms with E-state index in [1.165, 1.54) is 7.11 Å². The van der Waals surface area contributed by atoms with E-state index in [0.717, 1.165) is 45.4 Å². The highest BCUT2D eigenvalue weighted by molar-refractivity contribution is 5.82. The lowest BCUT2D eigenvalue weighted by Gasteiger charge is -2.32. The lowest BCUT2D eigenvalue weighted by Crippen LogP contribution is -2.58. The zero-order chi connectivity index (χ0) is 14.4. The van der Waals surface area contributed by atoms with Crippen LogP contribution in [0.1, 0.15) is 32.6 Å². The Bertz CT molecular complexity index is 313. The van der Waals surface area contributed by atoms with Gasteiger partial charge in [-0.15, -0.1) is 0 Å². The number of ether oxygens (including phenoxy) is 3. The van der Waals surface area contributed by atoms with Gasteiger partial charge in [-0.05, 0) is 44.1 Å². The van der Waals surface area contributed by atoms with Gasteiger partial charge in [-0.1, -0.05) is 6.92 Å². The molecule has 2 rings (SSSR count). The minimum atomic E-state index is -0.644. The summed E-state index contributed by atoms with van der Waals surface area (Å²) in [7, 11) is 1.45. The van der Waals surface area contributed by atoms with Crippen LogP contribution >= 0.6 is 0 Å². The lowest BCUT2D eigenvalue weighted by molar-refractivity contribution is -0.153. The molecular formula is C15H27NO4. The molecule has 5 heteroatoms. The van der Waals surface area contributed by atoms with Crippen LogP contribution in [0.4, 0.5) is 0 Å². The second-order valence-corrected chi connectivity index (χ2v) is 5.84. The summed E-state index contributed by atoms with van der Waals surface area (Å²) in [6.45, 7) is 5.53. The summed E-state index contributed by atoms with van der Waals surface area (Å²) in [4.78, 5) is 12.2. The molecular weight excluding hydrogens is 258 g/mol. The van der Waals surface area contributed by atoms with Crippen molar-refractivity contribution in [2.24, 2.45) is 11.8 Å². The summed E-state index contributed by atoms with van der Waals surface area (Å²) < 4.78 is 16.3. The quantitative estimate of drug-likeness (QED) is 0.682. The third-order valence-corrected chi connectivity index (χ3v) is 4.34. The number of likely N-dealkylation sites (N-methyl/N-ethyl adjacent to an activating group) is 1. The Balaban J connectivity index is 1.87. The van der Waals surface area contributed by atoms with E-state index in [-0.39, 0.29) is 5.97 Å². The van der Waals surface area contributed by atoms with E-state index in [1.54, 1.807) is 0 Å². The number of esters is 1. The van der Waals surface area contributed by atoms with E-state index in [2.05, 4.69) is 5.32 Å². The molecule has 1 heterocycles. The van der Waals surface area contributed by atoms with Gasteiger partial charge in [0.1, 0.15) is 5.54 Å². The average molecular weight is 285 g/mol. The molecule has 0 aromatic rings. The predicted octanol–water partition coefficient (Wildman–Crippen LogP) is 1.36. The maximum Gasteiger partial charge on any atom is 0.328 e. The van der Waals surface area contributed by atoms with E-state index in [1.807, 2.05) is 6.92 Å². The van der Waals surface area contributed by atoms with Crippen molar-refractivity contribution < 1.29 is 19.0 Å². The number of hydrogen-bond donors (Lipinski definition) is 1. The monoisotopic (exact) mass is 285 g/mol. The van der Waals surface area contributed by atoms with Crippen molar-refractivity contribution in [1.29, 1.82) is 0 Å². The van der Waals surface area contributed by atoms with Gasteiger partial charge in [-0.3, -0.25) is 5.32 Å². The Kier molecular flexibility index (Phi) is 5.81. The molecule has 1 aliphatic carbocycles. The molecule has 116 valence electrons. The molecule has 1 N–H and O–H groups in total. The molecule has 0 bridgehead atoms. The summed E-state index contributed by atoms with van der Waals surface area (Å²) in [6.07, 6.45) is 4.25. The van der Waals surface area contributed by atoms with Gasteiger partial charge in [0.2, 0.25) is 0 Å². The molecule has 1 saturated heterocycles. The van der Waals surface area contributed by atoms with Crippen molar-refractivity contribution >= 4 is 5.97 Å². The third-order valence-electron chi connectivity index (χ3n) is 4.34. The molecule has 0 spiro atoms. The van der Waals surface area contributed by atoms with Crippen LogP contribution in [0.15, 0.2) is 0 Å². The van der Waals surface area contributed by atoms with Crippen LogP contribution in [0.25, 0.3) is 0 Å². The zero-order valence-electron chi connectivity index (χ0n) is 12.7. The van der Waals surface area contributed by atoms with Gasteiger partial charge in [-0.25, -0.2) is 4.79 Å². The van der Waals surface area contributed by atoms with Gasteiger partial charge >= 0.3 is 5.97 Å². The fourth-order valence-corrected chi connectivity index (χ4v) is 2.98. The van der Waals surface area contributed by atoms with Crippen LogP contribution in [0.5, 0.6) is 0 Å². The topological polar surface area (TPSA) is 56.8 Å². The maximum absolute atomic E-state index is 12.2. The van der Waals surface area contributed by atoms with E-state index in [9.17, 15) is 4.79 Å². The summed E-state index contributed by atoms with van der Waals surface area (Å²) in [5.74, 6) is 0.721. The molecule has 20 heavy (non-hydrogen) atoms. The standard InChI is InChI=1S/C15H27NO4/c1-3-16-15(13-4-5-13,14(17)18-2)11-20-10-12-6-8-19-9-7-12/h12-13,16H,3-11H2,1-2H3. The minimum Gasteiger partial charge on any atom is -0.468 e. The van der Waals surface area contributed by atoms with Crippen molar-refractivity contribution in [1.82, 2.24) is 5.32 Å². The van der Waals surface area contributed by atoms with Crippen molar-refractivity contribution in [3.63, 3.8) is 0 Å². The summed E-state index contributed by atoms with van der Waals surface area (Å²) in [6, 6.07) is 0. The Labute approximate surface area is 121 Å². The molecule has 1 atom stereocenters. The number of hydrogen-bond acceptors (Lipinski definition) is 5. The van der Waals surface area contributed by atoms with Crippen molar-refractivity contribution in [3.05, 3.63) is 0 Å². The molecule has 2 aliphatic rings. The lowest BCUT2D eigenvalue weighted by atomic mass is 9.93. The van der Waals surface area contributed by atoms with Gasteiger partial charge in [0.25, 0.3) is 0 Å². The van der Waals surface area contributed by atoms with E-state index in [0.29, 0.717) is 25.0 Å². The van der Waals surface area contributed by atoms with Crippen LogP contribution in [-0.4, -0.2) is 51.6 Å². The molecule has 1 unspecified atom stereocenters. The Hall–Kier alpha value is -0.650. The smallest absolute Gasteiger partial charge is 0.328 e. The molecule has 1 saturated carbocycles. The minimum absolute atomic E-state index is 0.186. The van der Waals surface area contributed by atoms with Crippen molar-refractivity contribution in [3.8, 4) is 0 Å². The molecule has 0 aromatic carbocycles. The fourth-order valence-electron chi connectivity index (χ4n) is 2.98. The second kappa shape index (κ2) is 7.38. The number of nitrogens with one attached hydrogen (secondary N) is 1. The molecule has 0 amide bonds. The summed E-state index contributed by atoms with van der Waals surface area (Å²) in [5, 5.41) is 3.32. The fraction of sp³-hybridized carbons (Fsp3) is 0.933. The number of carbonyl (C=O) groups is 1. The molecule has 0 radical (unpaired) electrons. The van der Waals surface area contributed by atoms with Crippen LogP contribution in [0.3, 0.4) is 0 Å². The molecule has 2 fully saturated rings. The van der Waals surface area contributed by atoms with Crippen LogP contribution in [0.2, 0.25) is 0 Å². The maximum atomic E-state index is 12.2. The van der Waals surface area contributed by atoms with Crippen molar-refractivity contribution in [2.45, 2.75) is 38.1 Å². The Morgan fingerprint density at radius 2 is 2.00 bits per heavy atom. The number of methoxy groups -OCH3 is 1. The summed E-state index contributed by atoms with van der Waals surface area (Å²) in [5.41, 5.74) is -0.644. The van der Waals surface area contributed by atoms with E-state index in [4.69, 9.17) is 14.2 Å². The third kappa shape index (κ3) is 3.71. The summed E-state index contributed by atoms with van der Waals surface area (Å²) >= 11 is 0. The second-order valence-electron chi connectivity index (χ2n) is 5.84. The van der Waals surface area contributed by atoms with Crippen LogP contribution in [-0.2, 0) is 19.0 Å². The first-order valence-corrected chi connectivity index (χ1v) is 7.72. The van der Waals surface area contributed by atoms with Gasteiger partial charge in [-0.2, -0.15) is 0 Å². The first-order valence-electron chi connectivity index (χ1n) is 7.72. The zero-order valence-corrected chi connectivity index (χ0v) is 12.7. The normalized spacial score (nSPS) is 23.3. The SMILES string of the molecule is CCNC(COCC1CCOCC1)(C(=O)OC)C1CC1. The van der Waals surface area contributed by atoms with Crippen LogP contribution < -0.4 is 5.32 Å². The first kappa shape index (κ1) is 15.7.